The molecule has 0 unspecified atom stereocenters. The number of nitrogens with one attached hydrogen (secondary N) is 1. The third-order valence-corrected chi connectivity index (χ3v) is 3.66. The Morgan fingerprint density at radius 3 is 2.81 bits per heavy atom. The molecule has 116 valence electrons. The molecular formula is C17H25NO3. The molecule has 0 spiro atoms. The van der Waals surface area contributed by atoms with Gasteiger partial charge in [-0.25, -0.2) is 0 Å². The fraction of sp³-hybridized carbons (Fsp3) is 0.529. The van der Waals surface area contributed by atoms with Crippen molar-refractivity contribution in [3.63, 3.8) is 0 Å². The Labute approximate surface area is 126 Å². The summed E-state index contributed by atoms with van der Waals surface area (Å²) in [5.74, 6) is 1.86. The lowest BCUT2D eigenvalue weighted by molar-refractivity contribution is 0.246. The van der Waals surface area contributed by atoms with E-state index < -0.39 is 0 Å². The zero-order valence-corrected chi connectivity index (χ0v) is 12.8. The van der Waals surface area contributed by atoms with Crippen LogP contribution in [0.3, 0.4) is 0 Å². The van der Waals surface area contributed by atoms with Crippen LogP contribution >= 0.6 is 0 Å². The quantitative estimate of drug-likeness (QED) is 0.723. The average Bonchev–Trinajstić information content (AvgIpc) is 2.99. The van der Waals surface area contributed by atoms with Crippen LogP contribution in [0.2, 0.25) is 0 Å². The SMILES string of the molecule is CCCOc1ccc(CN[C@@H]2C=C[C@H](CO)C2)cc1OC. The van der Waals surface area contributed by atoms with Gasteiger partial charge < -0.3 is 19.9 Å². The molecule has 1 aliphatic carbocycles. The van der Waals surface area contributed by atoms with Gasteiger partial charge in [-0.2, -0.15) is 0 Å². The molecule has 0 saturated carbocycles. The second-order valence-electron chi connectivity index (χ2n) is 5.38. The Morgan fingerprint density at radius 1 is 1.29 bits per heavy atom. The molecule has 1 aliphatic rings. The van der Waals surface area contributed by atoms with Gasteiger partial charge in [0.05, 0.1) is 13.7 Å². The number of ether oxygens (including phenoxy) is 2. The molecule has 2 N–H and O–H groups in total. The summed E-state index contributed by atoms with van der Waals surface area (Å²) < 4.78 is 11.0. The van der Waals surface area contributed by atoms with Crippen LogP contribution in [0.25, 0.3) is 0 Å². The van der Waals surface area contributed by atoms with E-state index >= 15 is 0 Å². The minimum absolute atomic E-state index is 0.228. The van der Waals surface area contributed by atoms with E-state index in [0.717, 1.165) is 36.4 Å². The van der Waals surface area contributed by atoms with Crippen molar-refractivity contribution in [3.8, 4) is 11.5 Å². The molecule has 0 aromatic heterocycles. The molecule has 0 heterocycles. The molecular weight excluding hydrogens is 266 g/mol. The second kappa shape index (κ2) is 8.05. The van der Waals surface area contributed by atoms with E-state index in [1.165, 1.54) is 0 Å². The molecule has 1 aromatic carbocycles. The van der Waals surface area contributed by atoms with E-state index in [-0.39, 0.29) is 6.61 Å². The third-order valence-electron chi connectivity index (χ3n) is 3.66. The fourth-order valence-electron chi connectivity index (χ4n) is 2.46. The molecule has 0 bridgehead atoms. The zero-order valence-electron chi connectivity index (χ0n) is 12.8. The molecule has 4 nitrogen and oxygen atoms in total. The predicted molar refractivity (Wildman–Crippen MR) is 83.7 cm³/mol. The standard InChI is InChI=1S/C17H25NO3/c1-3-8-21-16-7-5-13(10-17(16)20-2)11-18-15-6-4-14(9-15)12-19/h4-7,10,14-15,18-19H,3,8-9,11-12H2,1-2H3/t14-,15+/m0/s1. The maximum atomic E-state index is 9.13. The van der Waals surface area contributed by atoms with E-state index in [0.29, 0.717) is 18.6 Å². The molecule has 4 heteroatoms. The van der Waals surface area contributed by atoms with E-state index in [9.17, 15) is 0 Å². The summed E-state index contributed by atoms with van der Waals surface area (Å²) >= 11 is 0. The van der Waals surface area contributed by atoms with Gasteiger partial charge in [0.1, 0.15) is 0 Å². The number of methoxy groups -OCH3 is 1. The predicted octanol–water partition coefficient (Wildman–Crippen LogP) is 2.51. The summed E-state index contributed by atoms with van der Waals surface area (Å²) in [6.45, 7) is 3.78. The Hall–Kier alpha value is -1.52. The van der Waals surface area contributed by atoms with Crippen LogP contribution in [0.5, 0.6) is 11.5 Å². The first kappa shape index (κ1) is 15.9. The lowest BCUT2D eigenvalue weighted by Crippen LogP contribution is -2.26. The van der Waals surface area contributed by atoms with Crippen molar-refractivity contribution in [3.05, 3.63) is 35.9 Å². The fourth-order valence-corrected chi connectivity index (χ4v) is 2.46. The van der Waals surface area contributed by atoms with Crippen molar-refractivity contribution < 1.29 is 14.6 Å². The first-order valence-corrected chi connectivity index (χ1v) is 7.59. The van der Waals surface area contributed by atoms with Crippen molar-refractivity contribution in [2.45, 2.75) is 32.4 Å². The molecule has 0 fully saturated rings. The molecule has 0 radical (unpaired) electrons. The maximum Gasteiger partial charge on any atom is 0.161 e. The second-order valence-corrected chi connectivity index (χ2v) is 5.38. The van der Waals surface area contributed by atoms with Crippen LogP contribution in [-0.4, -0.2) is 31.5 Å². The van der Waals surface area contributed by atoms with Crippen molar-refractivity contribution in [1.82, 2.24) is 5.32 Å². The number of rotatable bonds is 8. The smallest absolute Gasteiger partial charge is 0.161 e. The van der Waals surface area contributed by atoms with Crippen molar-refractivity contribution in [1.29, 1.82) is 0 Å². The van der Waals surface area contributed by atoms with Gasteiger partial charge in [0.15, 0.2) is 11.5 Å². The van der Waals surface area contributed by atoms with Gasteiger partial charge in [0, 0.05) is 25.1 Å². The van der Waals surface area contributed by atoms with Gasteiger partial charge in [-0.1, -0.05) is 25.1 Å². The highest BCUT2D eigenvalue weighted by Crippen LogP contribution is 2.28. The minimum Gasteiger partial charge on any atom is -0.493 e. The van der Waals surface area contributed by atoms with Gasteiger partial charge in [0.25, 0.3) is 0 Å². The Balaban J connectivity index is 1.90. The zero-order chi connectivity index (χ0) is 15.1. The highest BCUT2D eigenvalue weighted by molar-refractivity contribution is 5.43. The third kappa shape index (κ3) is 4.48. The minimum atomic E-state index is 0.228. The Morgan fingerprint density at radius 2 is 2.14 bits per heavy atom. The summed E-state index contributed by atoms with van der Waals surface area (Å²) in [5.41, 5.74) is 1.16. The number of hydrogen-bond donors (Lipinski definition) is 2. The summed E-state index contributed by atoms with van der Waals surface area (Å²) in [4.78, 5) is 0. The summed E-state index contributed by atoms with van der Waals surface area (Å²) in [6, 6.07) is 6.37. The molecule has 2 atom stereocenters. The Bertz CT molecular complexity index is 473. The van der Waals surface area contributed by atoms with E-state index in [1.807, 2.05) is 12.1 Å². The molecule has 0 saturated heterocycles. The first-order chi connectivity index (χ1) is 10.3. The van der Waals surface area contributed by atoms with Crippen molar-refractivity contribution >= 4 is 0 Å². The van der Waals surface area contributed by atoms with E-state index in [1.54, 1.807) is 7.11 Å². The summed E-state index contributed by atoms with van der Waals surface area (Å²) in [5, 5.41) is 12.6. The molecule has 0 amide bonds. The summed E-state index contributed by atoms with van der Waals surface area (Å²) in [6.07, 6.45) is 6.16. The average molecular weight is 291 g/mol. The molecule has 1 aromatic rings. The van der Waals surface area contributed by atoms with Gasteiger partial charge in [0.2, 0.25) is 0 Å². The normalized spacial score (nSPS) is 20.7. The maximum absolute atomic E-state index is 9.13. The van der Waals surface area contributed by atoms with E-state index in [2.05, 4.69) is 30.5 Å². The largest absolute Gasteiger partial charge is 0.493 e. The van der Waals surface area contributed by atoms with E-state index in [4.69, 9.17) is 14.6 Å². The number of benzene rings is 1. The van der Waals surface area contributed by atoms with Crippen LogP contribution in [0.15, 0.2) is 30.4 Å². The Kier molecular flexibility index (Phi) is 6.08. The van der Waals surface area contributed by atoms with Crippen LogP contribution in [0, 0.1) is 5.92 Å². The number of aliphatic hydroxyl groups is 1. The van der Waals surface area contributed by atoms with Gasteiger partial charge in [-0.3, -0.25) is 0 Å². The van der Waals surface area contributed by atoms with Crippen molar-refractivity contribution in [2.75, 3.05) is 20.3 Å². The van der Waals surface area contributed by atoms with Gasteiger partial charge in [-0.05, 0) is 30.5 Å². The lowest BCUT2D eigenvalue weighted by atomic mass is 10.1. The van der Waals surface area contributed by atoms with Crippen LogP contribution < -0.4 is 14.8 Å². The van der Waals surface area contributed by atoms with Crippen molar-refractivity contribution in [2.24, 2.45) is 5.92 Å². The first-order valence-electron chi connectivity index (χ1n) is 7.59. The van der Waals surface area contributed by atoms with Crippen LogP contribution in [-0.2, 0) is 6.54 Å². The highest BCUT2D eigenvalue weighted by Gasteiger charge is 2.17. The van der Waals surface area contributed by atoms with Crippen LogP contribution in [0.4, 0.5) is 0 Å². The van der Waals surface area contributed by atoms with Crippen LogP contribution in [0.1, 0.15) is 25.3 Å². The molecule has 2 rings (SSSR count). The monoisotopic (exact) mass is 291 g/mol. The molecule has 21 heavy (non-hydrogen) atoms. The topological polar surface area (TPSA) is 50.7 Å². The molecule has 0 aliphatic heterocycles. The summed E-state index contributed by atoms with van der Waals surface area (Å²) in [7, 11) is 1.66. The highest BCUT2D eigenvalue weighted by atomic mass is 16.5. The lowest BCUT2D eigenvalue weighted by Gasteiger charge is -2.15. The van der Waals surface area contributed by atoms with Gasteiger partial charge in [-0.15, -0.1) is 0 Å². The number of hydrogen-bond acceptors (Lipinski definition) is 4. The number of aliphatic hydroxyl groups excluding tert-OH is 1. The van der Waals surface area contributed by atoms with Gasteiger partial charge >= 0.3 is 0 Å².